The molecule has 0 aliphatic carbocycles. The number of Topliss-reactive ketones (excluding diaryl/α,β-unsaturated/α-hetero) is 1. The van der Waals surface area contributed by atoms with Crippen molar-refractivity contribution in [2.45, 2.75) is 33.7 Å². The molecule has 2 aromatic rings. The highest BCUT2D eigenvalue weighted by atomic mass is 79.9. The van der Waals surface area contributed by atoms with Crippen LogP contribution in [-0.4, -0.2) is 20.5 Å². The van der Waals surface area contributed by atoms with Gasteiger partial charge in [0, 0.05) is 24.5 Å². The van der Waals surface area contributed by atoms with Crippen molar-refractivity contribution in [3.63, 3.8) is 0 Å². The molecule has 0 bridgehead atoms. The van der Waals surface area contributed by atoms with Gasteiger partial charge in [-0.2, -0.15) is 5.10 Å². The predicted molar refractivity (Wildman–Crippen MR) is 77.3 cm³/mol. The number of aromatic nitrogens is 3. The van der Waals surface area contributed by atoms with Crippen LogP contribution in [0, 0.1) is 13.8 Å². The van der Waals surface area contributed by atoms with Gasteiger partial charge in [0.05, 0.1) is 22.3 Å². The Bertz CT molecular complexity index is 619. The zero-order valence-electron chi connectivity index (χ0n) is 11.3. The fraction of sp³-hybridized carbons (Fsp3) is 0.357. The number of nitrogens with zero attached hydrogens (tertiary/aromatic N) is 3. The molecular weight excluding hydrogens is 306 g/mol. The molecule has 2 heterocycles. The van der Waals surface area contributed by atoms with Crippen LogP contribution in [0.4, 0.5) is 0 Å². The lowest BCUT2D eigenvalue weighted by Gasteiger charge is -2.06. The van der Waals surface area contributed by atoms with Crippen LogP contribution in [0.5, 0.6) is 0 Å². The highest BCUT2D eigenvalue weighted by Crippen LogP contribution is 2.23. The largest absolute Gasteiger partial charge is 0.294 e. The molecule has 0 aliphatic heterocycles. The second-order valence-corrected chi connectivity index (χ2v) is 5.25. The normalized spacial score (nSPS) is 10.7. The summed E-state index contributed by atoms with van der Waals surface area (Å²) in [4.78, 5) is 16.4. The summed E-state index contributed by atoms with van der Waals surface area (Å²) in [7, 11) is 0. The van der Waals surface area contributed by atoms with Crippen molar-refractivity contribution in [1.29, 1.82) is 0 Å². The van der Waals surface area contributed by atoms with E-state index in [4.69, 9.17) is 0 Å². The number of hydrogen-bond acceptors (Lipinski definition) is 3. The SMILES string of the molecule is CCn1nc(C)c(Br)c1CC(=O)c1ccncc1C. The Kier molecular flexibility index (Phi) is 4.14. The number of carbonyl (C=O) groups excluding carboxylic acids is 1. The summed E-state index contributed by atoms with van der Waals surface area (Å²) in [6.45, 7) is 6.61. The average molecular weight is 322 g/mol. The molecule has 0 aromatic carbocycles. The van der Waals surface area contributed by atoms with Crippen LogP contribution in [0.1, 0.15) is 34.2 Å². The van der Waals surface area contributed by atoms with Gasteiger partial charge >= 0.3 is 0 Å². The van der Waals surface area contributed by atoms with Crippen LogP contribution < -0.4 is 0 Å². The molecule has 0 amide bonds. The number of halogens is 1. The Morgan fingerprint density at radius 3 is 2.79 bits per heavy atom. The monoisotopic (exact) mass is 321 g/mol. The fourth-order valence-electron chi connectivity index (χ4n) is 2.07. The van der Waals surface area contributed by atoms with Gasteiger partial charge in [0.15, 0.2) is 5.78 Å². The smallest absolute Gasteiger partial charge is 0.169 e. The molecule has 100 valence electrons. The Morgan fingerprint density at radius 2 is 2.16 bits per heavy atom. The van der Waals surface area contributed by atoms with Gasteiger partial charge in [-0.3, -0.25) is 14.5 Å². The van der Waals surface area contributed by atoms with Gasteiger partial charge in [-0.15, -0.1) is 0 Å². The molecule has 2 aromatic heterocycles. The molecular formula is C14H16BrN3O. The molecule has 19 heavy (non-hydrogen) atoms. The van der Waals surface area contributed by atoms with Crippen LogP contribution in [0.3, 0.4) is 0 Å². The molecule has 2 rings (SSSR count). The van der Waals surface area contributed by atoms with Crippen LogP contribution >= 0.6 is 15.9 Å². The maximum atomic E-state index is 12.4. The summed E-state index contributed by atoms with van der Waals surface area (Å²) >= 11 is 3.51. The molecule has 0 spiro atoms. The highest BCUT2D eigenvalue weighted by molar-refractivity contribution is 9.10. The van der Waals surface area contributed by atoms with Gasteiger partial charge in [0.1, 0.15) is 0 Å². The minimum atomic E-state index is 0.0928. The summed E-state index contributed by atoms with van der Waals surface area (Å²) in [6, 6.07) is 1.77. The number of hydrogen-bond donors (Lipinski definition) is 0. The molecule has 0 saturated heterocycles. The molecule has 0 radical (unpaired) electrons. The summed E-state index contributed by atoms with van der Waals surface area (Å²) in [5, 5.41) is 4.40. The van der Waals surface area contributed by atoms with Crippen molar-refractivity contribution >= 4 is 21.7 Å². The number of ketones is 1. The summed E-state index contributed by atoms with van der Waals surface area (Å²) in [6.07, 6.45) is 3.71. The minimum absolute atomic E-state index is 0.0928. The van der Waals surface area contributed by atoms with Crippen LogP contribution in [0.15, 0.2) is 22.9 Å². The third-order valence-corrected chi connectivity index (χ3v) is 4.13. The van der Waals surface area contributed by atoms with E-state index in [0.717, 1.165) is 33.5 Å². The van der Waals surface area contributed by atoms with Gasteiger partial charge in [0.2, 0.25) is 0 Å². The average Bonchev–Trinajstić information content (AvgIpc) is 2.67. The van der Waals surface area contributed by atoms with Gasteiger partial charge in [-0.05, 0) is 48.3 Å². The summed E-state index contributed by atoms with van der Waals surface area (Å²) in [5.74, 6) is 0.0928. The quantitative estimate of drug-likeness (QED) is 0.813. The molecule has 0 unspecified atom stereocenters. The van der Waals surface area contributed by atoms with E-state index in [2.05, 4.69) is 26.0 Å². The number of rotatable bonds is 4. The zero-order chi connectivity index (χ0) is 14.0. The van der Waals surface area contributed by atoms with Crippen LogP contribution in [0.25, 0.3) is 0 Å². The second-order valence-electron chi connectivity index (χ2n) is 4.45. The maximum Gasteiger partial charge on any atom is 0.169 e. The molecule has 0 aliphatic rings. The lowest BCUT2D eigenvalue weighted by atomic mass is 10.0. The van der Waals surface area contributed by atoms with Gasteiger partial charge in [-0.25, -0.2) is 0 Å². The second kappa shape index (κ2) is 5.65. The predicted octanol–water partition coefficient (Wildman–Crippen LogP) is 3.10. The molecule has 4 nitrogen and oxygen atoms in total. The van der Waals surface area contributed by atoms with E-state index in [1.54, 1.807) is 18.5 Å². The molecule has 5 heteroatoms. The lowest BCUT2D eigenvalue weighted by molar-refractivity contribution is 0.0989. The van der Waals surface area contributed by atoms with Crippen molar-refractivity contribution in [3.05, 3.63) is 45.4 Å². The summed E-state index contributed by atoms with van der Waals surface area (Å²) in [5.41, 5.74) is 3.48. The highest BCUT2D eigenvalue weighted by Gasteiger charge is 2.17. The van der Waals surface area contributed by atoms with Gasteiger partial charge < -0.3 is 0 Å². The van der Waals surface area contributed by atoms with E-state index in [9.17, 15) is 4.79 Å². The van der Waals surface area contributed by atoms with Gasteiger partial charge in [-0.1, -0.05) is 0 Å². The number of pyridine rings is 1. The topological polar surface area (TPSA) is 47.8 Å². The van der Waals surface area contributed by atoms with Crippen molar-refractivity contribution in [2.75, 3.05) is 0 Å². The Hall–Kier alpha value is -1.49. The van der Waals surface area contributed by atoms with E-state index in [-0.39, 0.29) is 5.78 Å². The van der Waals surface area contributed by atoms with Crippen molar-refractivity contribution in [2.24, 2.45) is 0 Å². The van der Waals surface area contributed by atoms with Crippen molar-refractivity contribution < 1.29 is 4.79 Å². The number of carbonyl (C=O) groups is 1. The minimum Gasteiger partial charge on any atom is -0.294 e. The standard InChI is InChI=1S/C14H16BrN3O/c1-4-18-12(14(15)10(3)17-18)7-13(19)11-5-6-16-8-9(11)2/h5-6,8H,4,7H2,1-3H3. The first-order valence-corrected chi connectivity index (χ1v) is 6.99. The molecule has 0 saturated carbocycles. The van der Waals surface area contributed by atoms with E-state index in [0.29, 0.717) is 6.42 Å². The molecule has 0 fully saturated rings. The first-order valence-electron chi connectivity index (χ1n) is 6.20. The third-order valence-electron chi connectivity index (χ3n) is 3.10. The lowest BCUT2D eigenvalue weighted by Crippen LogP contribution is -2.11. The van der Waals surface area contributed by atoms with Crippen molar-refractivity contribution in [1.82, 2.24) is 14.8 Å². The molecule has 0 N–H and O–H groups in total. The summed E-state index contributed by atoms with van der Waals surface area (Å²) < 4.78 is 2.79. The number of aryl methyl sites for hydroxylation is 3. The Labute approximate surface area is 121 Å². The van der Waals surface area contributed by atoms with Crippen LogP contribution in [-0.2, 0) is 13.0 Å². The Morgan fingerprint density at radius 1 is 1.42 bits per heavy atom. The van der Waals surface area contributed by atoms with Gasteiger partial charge in [0.25, 0.3) is 0 Å². The van der Waals surface area contributed by atoms with E-state index < -0.39 is 0 Å². The van der Waals surface area contributed by atoms with E-state index in [1.165, 1.54) is 0 Å². The van der Waals surface area contributed by atoms with E-state index >= 15 is 0 Å². The maximum absolute atomic E-state index is 12.4. The van der Waals surface area contributed by atoms with Crippen LogP contribution in [0.2, 0.25) is 0 Å². The first-order chi connectivity index (χ1) is 9.04. The Balaban J connectivity index is 2.32. The van der Waals surface area contributed by atoms with E-state index in [1.807, 2.05) is 25.5 Å². The molecule has 0 atom stereocenters. The first kappa shape index (κ1) is 13.9. The zero-order valence-corrected chi connectivity index (χ0v) is 12.9. The third kappa shape index (κ3) is 2.76. The van der Waals surface area contributed by atoms with Crippen molar-refractivity contribution in [3.8, 4) is 0 Å². The fourth-order valence-corrected chi connectivity index (χ4v) is 2.50.